The average molecular weight is 230 g/mol. The Balaban J connectivity index is 1.97. The Morgan fingerprint density at radius 1 is 1.18 bits per heavy atom. The van der Waals surface area contributed by atoms with Crippen LogP contribution in [-0.4, -0.2) is 26.7 Å². The molecule has 0 unspecified atom stereocenters. The van der Waals surface area contributed by atoms with Crippen LogP contribution in [0, 0.1) is 0 Å². The molecule has 0 fully saturated rings. The van der Waals surface area contributed by atoms with E-state index in [1.807, 2.05) is 25.1 Å². The fourth-order valence-corrected chi connectivity index (χ4v) is 1.34. The third-order valence-corrected chi connectivity index (χ3v) is 2.10. The summed E-state index contributed by atoms with van der Waals surface area (Å²) in [6, 6.07) is 5.63. The second kappa shape index (κ2) is 5.74. The van der Waals surface area contributed by atoms with Gasteiger partial charge in [-0.3, -0.25) is 0 Å². The molecule has 17 heavy (non-hydrogen) atoms. The lowest BCUT2D eigenvalue weighted by molar-refractivity contribution is 0.919. The van der Waals surface area contributed by atoms with Gasteiger partial charge >= 0.3 is 0 Å². The first-order valence-corrected chi connectivity index (χ1v) is 5.45. The van der Waals surface area contributed by atoms with Gasteiger partial charge < -0.3 is 10.6 Å². The molecule has 0 atom stereocenters. The van der Waals surface area contributed by atoms with Gasteiger partial charge in [0, 0.05) is 18.8 Å². The smallest absolute Gasteiger partial charge is 0.131 e. The standard InChI is InChI=1S/C11H14N6/c1-2-12-10-6-11(15-8-14-10)13-7-9-4-3-5-16-17-9/h3-6,8H,2,7H2,1H3,(H2,12,13,14,15). The number of hydrogen-bond donors (Lipinski definition) is 2. The summed E-state index contributed by atoms with van der Waals surface area (Å²) in [7, 11) is 0. The molecule has 0 spiro atoms. The number of nitrogens with one attached hydrogen (secondary N) is 2. The Hall–Kier alpha value is -2.24. The van der Waals surface area contributed by atoms with E-state index in [0.29, 0.717) is 6.54 Å². The Morgan fingerprint density at radius 2 is 2.00 bits per heavy atom. The van der Waals surface area contributed by atoms with Crippen molar-refractivity contribution < 1.29 is 0 Å². The lowest BCUT2D eigenvalue weighted by Crippen LogP contribution is -2.05. The number of aromatic nitrogens is 4. The van der Waals surface area contributed by atoms with Crippen LogP contribution in [0.4, 0.5) is 11.6 Å². The molecular weight excluding hydrogens is 216 g/mol. The van der Waals surface area contributed by atoms with E-state index in [9.17, 15) is 0 Å². The van der Waals surface area contributed by atoms with Crippen LogP contribution in [0.3, 0.4) is 0 Å². The van der Waals surface area contributed by atoms with Crippen molar-refractivity contribution in [2.75, 3.05) is 17.2 Å². The van der Waals surface area contributed by atoms with Gasteiger partial charge in [-0.25, -0.2) is 9.97 Å². The summed E-state index contributed by atoms with van der Waals surface area (Å²) in [5.41, 5.74) is 0.871. The Morgan fingerprint density at radius 3 is 2.71 bits per heavy atom. The quantitative estimate of drug-likeness (QED) is 0.806. The van der Waals surface area contributed by atoms with Gasteiger partial charge in [-0.15, -0.1) is 0 Å². The highest BCUT2D eigenvalue weighted by atomic mass is 15.1. The fourth-order valence-electron chi connectivity index (χ4n) is 1.34. The maximum atomic E-state index is 4.13. The van der Waals surface area contributed by atoms with E-state index in [1.165, 1.54) is 6.33 Å². The van der Waals surface area contributed by atoms with Crippen molar-refractivity contribution in [2.45, 2.75) is 13.5 Å². The van der Waals surface area contributed by atoms with Crippen LogP contribution in [-0.2, 0) is 6.54 Å². The predicted molar refractivity (Wildman–Crippen MR) is 65.6 cm³/mol. The topological polar surface area (TPSA) is 75.6 Å². The number of anilines is 2. The number of hydrogen-bond acceptors (Lipinski definition) is 6. The number of nitrogens with zero attached hydrogens (tertiary/aromatic N) is 4. The maximum Gasteiger partial charge on any atom is 0.131 e. The van der Waals surface area contributed by atoms with E-state index in [1.54, 1.807) is 6.20 Å². The van der Waals surface area contributed by atoms with Crippen molar-refractivity contribution in [1.82, 2.24) is 20.2 Å². The van der Waals surface area contributed by atoms with Crippen LogP contribution in [0.25, 0.3) is 0 Å². The lowest BCUT2D eigenvalue weighted by atomic mass is 10.4. The van der Waals surface area contributed by atoms with E-state index >= 15 is 0 Å². The van der Waals surface area contributed by atoms with Gasteiger partial charge in [-0.05, 0) is 19.1 Å². The monoisotopic (exact) mass is 230 g/mol. The molecule has 6 nitrogen and oxygen atoms in total. The van der Waals surface area contributed by atoms with E-state index < -0.39 is 0 Å². The Kier molecular flexibility index (Phi) is 3.80. The fraction of sp³-hybridized carbons (Fsp3) is 0.273. The Bertz CT molecular complexity index is 459. The van der Waals surface area contributed by atoms with E-state index in [2.05, 4.69) is 30.8 Å². The molecule has 0 saturated heterocycles. The van der Waals surface area contributed by atoms with E-state index in [0.717, 1.165) is 23.9 Å². The molecule has 0 radical (unpaired) electrons. The largest absolute Gasteiger partial charge is 0.370 e. The summed E-state index contributed by atoms with van der Waals surface area (Å²) in [5, 5.41) is 14.1. The van der Waals surface area contributed by atoms with Crippen molar-refractivity contribution in [3.8, 4) is 0 Å². The third kappa shape index (κ3) is 3.37. The molecule has 2 N–H and O–H groups in total. The second-order valence-electron chi connectivity index (χ2n) is 3.39. The SMILES string of the molecule is CCNc1cc(NCc2cccnn2)ncn1. The molecule has 0 amide bonds. The molecular formula is C11H14N6. The van der Waals surface area contributed by atoms with Gasteiger partial charge in [0.2, 0.25) is 0 Å². The highest BCUT2D eigenvalue weighted by Gasteiger charge is 1.98. The minimum absolute atomic E-state index is 0.594. The summed E-state index contributed by atoms with van der Waals surface area (Å²) >= 11 is 0. The molecule has 0 aliphatic heterocycles. The molecule has 88 valence electrons. The van der Waals surface area contributed by atoms with Crippen LogP contribution < -0.4 is 10.6 Å². The number of rotatable bonds is 5. The van der Waals surface area contributed by atoms with Crippen LogP contribution in [0.1, 0.15) is 12.6 Å². The average Bonchev–Trinajstić information content (AvgIpc) is 2.39. The van der Waals surface area contributed by atoms with Gasteiger partial charge in [-0.1, -0.05) is 0 Å². The van der Waals surface area contributed by atoms with Gasteiger partial charge in [0.1, 0.15) is 18.0 Å². The van der Waals surface area contributed by atoms with Crippen LogP contribution in [0.5, 0.6) is 0 Å². The summed E-state index contributed by atoms with van der Waals surface area (Å²) in [6.45, 7) is 3.45. The first-order chi connectivity index (χ1) is 8.38. The molecule has 2 aromatic heterocycles. The zero-order valence-electron chi connectivity index (χ0n) is 9.59. The normalized spacial score (nSPS) is 9.94. The van der Waals surface area contributed by atoms with Crippen molar-refractivity contribution in [1.29, 1.82) is 0 Å². The van der Waals surface area contributed by atoms with Gasteiger partial charge in [0.15, 0.2) is 0 Å². The summed E-state index contributed by atoms with van der Waals surface area (Å²) in [4.78, 5) is 8.22. The van der Waals surface area contributed by atoms with Gasteiger partial charge in [0.05, 0.1) is 12.2 Å². The highest BCUT2D eigenvalue weighted by Crippen LogP contribution is 2.08. The molecule has 0 aliphatic rings. The van der Waals surface area contributed by atoms with Crippen molar-refractivity contribution in [3.63, 3.8) is 0 Å². The van der Waals surface area contributed by atoms with Crippen molar-refractivity contribution in [2.24, 2.45) is 0 Å². The second-order valence-corrected chi connectivity index (χ2v) is 3.39. The van der Waals surface area contributed by atoms with Crippen molar-refractivity contribution >= 4 is 11.6 Å². The van der Waals surface area contributed by atoms with E-state index in [4.69, 9.17) is 0 Å². The predicted octanol–water partition coefficient (Wildman–Crippen LogP) is 1.31. The molecule has 2 heterocycles. The zero-order chi connectivity index (χ0) is 11.9. The summed E-state index contributed by atoms with van der Waals surface area (Å²) < 4.78 is 0. The molecule has 6 heteroatoms. The molecule has 0 saturated carbocycles. The maximum absolute atomic E-state index is 4.13. The molecule has 2 rings (SSSR count). The summed E-state index contributed by atoms with van der Waals surface area (Å²) in [5.74, 6) is 1.57. The minimum atomic E-state index is 0.594. The van der Waals surface area contributed by atoms with Gasteiger partial charge in [-0.2, -0.15) is 10.2 Å². The molecule has 2 aromatic rings. The summed E-state index contributed by atoms with van der Waals surface area (Å²) in [6.07, 6.45) is 3.18. The third-order valence-electron chi connectivity index (χ3n) is 2.10. The molecule has 0 aliphatic carbocycles. The first kappa shape index (κ1) is 11.3. The van der Waals surface area contributed by atoms with Gasteiger partial charge in [0.25, 0.3) is 0 Å². The lowest BCUT2D eigenvalue weighted by Gasteiger charge is -2.06. The van der Waals surface area contributed by atoms with Crippen LogP contribution in [0.15, 0.2) is 30.7 Å². The molecule has 0 aromatic carbocycles. The highest BCUT2D eigenvalue weighted by molar-refractivity contribution is 5.46. The molecule has 0 bridgehead atoms. The Labute approximate surface area is 99.5 Å². The van der Waals surface area contributed by atoms with Crippen molar-refractivity contribution in [3.05, 3.63) is 36.4 Å². The van der Waals surface area contributed by atoms with Crippen LogP contribution in [0.2, 0.25) is 0 Å². The minimum Gasteiger partial charge on any atom is -0.370 e. The van der Waals surface area contributed by atoms with E-state index in [-0.39, 0.29) is 0 Å². The van der Waals surface area contributed by atoms with Crippen LogP contribution >= 0.6 is 0 Å². The first-order valence-electron chi connectivity index (χ1n) is 5.45. The zero-order valence-corrected chi connectivity index (χ0v) is 9.59.